The molecule has 1 aromatic carbocycles. The molecule has 0 fully saturated rings. The lowest BCUT2D eigenvalue weighted by molar-refractivity contribution is 0.265. The number of hydrogen-bond acceptors (Lipinski definition) is 5. The van der Waals surface area contributed by atoms with Crippen LogP contribution in [0.25, 0.3) is 0 Å². The van der Waals surface area contributed by atoms with Gasteiger partial charge in [0.15, 0.2) is 11.5 Å². The average molecular weight is 358 g/mol. The molecular weight excluding hydrogens is 342 g/mol. The summed E-state index contributed by atoms with van der Waals surface area (Å²) in [4.78, 5) is 4.37. The van der Waals surface area contributed by atoms with E-state index in [1.54, 1.807) is 25.6 Å². The van der Waals surface area contributed by atoms with Gasteiger partial charge in [-0.05, 0) is 24.6 Å². The molecular formula is C14H16BrNO3S. The third-order valence-electron chi connectivity index (χ3n) is 2.68. The second kappa shape index (κ2) is 6.95. The highest BCUT2D eigenvalue weighted by atomic mass is 79.9. The lowest BCUT2D eigenvalue weighted by Crippen LogP contribution is -2.01. The van der Waals surface area contributed by atoms with Crippen molar-refractivity contribution >= 4 is 27.3 Å². The van der Waals surface area contributed by atoms with Crippen LogP contribution >= 0.6 is 27.3 Å². The molecule has 0 N–H and O–H groups in total. The first-order valence-corrected chi connectivity index (χ1v) is 8.02. The van der Waals surface area contributed by atoms with Gasteiger partial charge in [0, 0.05) is 16.4 Å². The molecule has 0 saturated carbocycles. The van der Waals surface area contributed by atoms with Crippen LogP contribution in [-0.2, 0) is 11.9 Å². The Labute approximate surface area is 130 Å². The lowest BCUT2D eigenvalue weighted by atomic mass is 10.2. The molecule has 0 aliphatic heterocycles. The van der Waals surface area contributed by atoms with E-state index in [1.165, 1.54) is 0 Å². The van der Waals surface area contributed by atoms with Crippen LogP contribution in [0.2, 0.25) is 0 Å². The molecule has 0 unspecified atom stereocenters. The minimum atomic E-state index is 0.402. The van der Waals surface area contributed by atoms with E-state index in [4.69, 9.17) is 14.2 Å². The monoisotopic (exact) mass is 357 g/mol. The van der Waals surface area contributed by atoms with E-state index in [9.17, 15) is 0 Å². The Hall–Kier alpha value is -1.27. The molecule has 0 amide bonds. The quantitative estimate of drug-likeness (QED) is 0.734. The maximum atomic E-state index is 5.83. The number of rotatable bonds is 6. The molecule has 0 saturated heterocycles. The van der Waals surface area contributed by atoms with Gasteiger partial charge in [0.05, 0.1) is 14.2 Å². The van der Waals surface area contributed by atoms with Gasteiger partial charge in [-0.2, -0.15) is 0 Å². The fourth-order valence-electron chi connectivity index (χ4n) is 1.76. The van der Waals surface area contributed by atoms with Gasteiger partial charge in [0.25, 0.3) is 0 Å². The van der Waals surface area contributed by atoms with Crippen molar-refractivity contribution < 1.29 is 14.2 Å². The van der Waals surface area contributed by atoms with Crippen molar-refractivity contribution in [3.8, 4) is 17.2 Å². The van der Waals surface area contributed by atoms with E-state index in [-0.39, 0.29) is 0 Å². The number of aryl methyl sites for hydroxylation is 1. The number of benzene rings is 1. The van der Waals surface area contributed by atoms with Crippen LogP contribution in [-0.4, -0.2) is 19.2 Å². The van der Waals surface area contributed by atoms with E-state index < -0.39 is 0 Å². The van der Waals surface area contributed by atoms with Gasteiger partial charge in [0.1, 0.15) is 11.6 Å². The number of nitrogens with zero attached hydrogens (tertiary/aromatic N) is 1. The molecule has 0 atom stereocenters. The molecule has 0 bridgehead atoms. The van der Waals surface area contributed by atoms with Crippen LogP contribution in [0.5, 0.6) is 17.2 Å². The summed E-state index contributed by atoms with van der Waals surface area (Å²) in [5.74, 6) is 1.92. The van der Waals surface area contributed by atoms with Crippen LogP contribution in [0, 0.1) is 6.92 Å². The SMILES string of the molecule is COc1cc(CBr)cc(OC)c1OCc1nc(C)cs1. The lowest BCUT2D eigenvalue weighted by Gasteiger charge is -2.15. The number of ether oxygens (including phenoxy) is 3. The number of alkyl halides is 1. The largest absolute Gasteiger partial charge is 0.493 e. The second-order valence-corrected chi connectivity index (χ2v) is 5.64. The predicted molar refractivity (Wildman–Crippen MR) is 83.4 cm³/mol. The van der Waals surface area contributed by atoms with E-state index in [2.05, 4.69) is 20.9 Å². The zero-order chi connectivity index (χ0) is 14.5. The van der Waals surface area contributed by atoms with Crippen molar-refractivity contribution in [3.63, 3.8) is 0 Å². The van der Waals surface area contributed by atoms with Crippen molar-refractivity contribution in [2.45, 2.75) is 18.9 Å². The molecule has 4 nitrogen and oxygen atoms in total. The van der Waals surface area contributed by atoms with Gasteiger partial charge in [0.2, 0.25) is 5.75 Å². The summed E-state index contributed by atoms with van der Waals surface area (Å²) in [6.45, 7) is 2.37. The Morgan fingerprint density at radius 3 is 2.30 bits per heavy atom. The zero-order valence-electron chi connectivity index (χ0n) is 11.6. The van der Waals surface area contributed by atoms with Gasteiger partial charge in [-0.3, -0.25) is 0 Å². The third kappa shape index (κ3) is 3.43. The minimum Gasteiger partial charge on any atom is -0.493 e. The molecule has 6 heteroatoms. The van der Waals surface area contributed by atoms with Crippen LogP contribution in [0.15, 0.2) is 17.5 Å². The highest BCUT2D eigenvalue weighted by molar-refractivity contribution is 9.08. The van der Waals surface area contributed by atoms with Crippen LogP contribution < -0.4 is 14.2 Å². The van der Waals surface area contributed by atoms with E-state index in [1.807, 2.05) is 24.4 Å². The van der Waals surface area contributed by atoms with Crippen molar-refractivity contribution in [1.29, 1.82) is 0 Å². The Morgan fingerprint density at radius 1 is 1.20 bits per heavy atom. The molecule has 0 aliphatic carbocycles. The van der Waals surface area contributed by atoms with Gasteiger partial charge < -0.3 is 14.2 Å². The average Bonchev–Trinajstić information content (AvgIpc) is 2.89. The first-order chi connectivity index (χ1) is 9.67. The fourth-order valence-corrected chi connectivity index (χ4v) is 2.76. The standard InChI is InChI=1S/C14H16BrNO3S/c1-9-8-20-13(16-9)7-19-14-11(17-2)4-10(6-15)5-12(14)18-3/h4-5,8H,6-7H2,1-3H3. The van der Waals surface area contributed by atoms with Gasteiger partial charge >= 0.3 is 0 Å². The maximum Gasteiger partial charge on any atom is 0.203 e. The van der Waals surface area contributed by atoms with E-state index in [0.717, 1.165) is 21.6 Å². The summed E-state index contributed by atoms with van der Waals surface area (Å²) in [6, 6.07) is 3.86. The summed E-state index contributed by atoms with van der Waals surface area (Å²) in [7, 11) is 3.24. The summed E-state index contributed by atoms with van der Waals surface area (Å²) >= 11 is 5.01. The van der Waals surface area contributed by atoms with Crippen molar-refractivity contribution in [1.82, 2.24) is 4.98 Å². The number of hydrogen-bond donors (Lipinski definition) is 0. The molecule has 0 radical (unpaired) electrons. The Bertz CT molecular complexity index is 561. The predicted octanol–water partition coefficient (Wildman–Crippen LogP) is 3.94. The number of methoxy groups -OCH3 is 2. The molecule has 2 aromatic rings. The Kier molecular flexibility index (Phi) is 5.25. The molecule has 2 rings (SSSR count). The maximum absolute atomic E-state index is 5.83. The summed E-state index contributed by atoms with van der Waals surface area (Å²) in [6.07, 6.45) is 0. The molecule has 0 aliphatic rings. The first kappa shape index (κ1) is 15.1. The number of aromatic nitrogens is 1. The van der Waals surface area contributed by atoms with Crippen molar-refractivity contribution in [2.75, 3.05) is 14.2 Å². The Balaban J connectivity index is 2.24. The molecule has 0 spiro atoms. The van der Waals surface area contributed by atoms with E-state index >= 15 is 0 Å². The highest BCUT2D eigenvalue weighted by Crippen LogP contribution is 2.39. The van der Waals surface area contributed by atoms with Gasteiger partial charge in [-0.15, -0.1) is 11.3 Å². The summed E-state index contributed by atoms with van der Waals surface area (Å²) in [5.41, 5.74) is 2.07. The highest BCUT2D eigenvalue weighted by Gasteiger charge is 2.14. The molecule has 1 aromatic heterocycles. The second-order valence-electron chi connectivity index (χ2n) is 4.13. The third-order valence-corrected chi connectivity index (χ3v) is 4.27. The number of thiazole rings is 1. The first-order valence-electron chi connectivity index (χ1n) is 6.02. The normalized spacial score (nSPS) is 10.4. The molecule has 108 valence electrons. The molecule has 1 heterocycles. The Morgan fingerprint density at radius 2 is 1.85 bits per heavy atom. The fraction of sp³-hybridized carbons (Fsp3) is 0.357. The summed E-state index contributed by atoms with van der Waals surface area (Å²) in [5, 5.41) is 3.66. The number of halogens is 1. The topological polar surface area (TPSA) is 40.6 Å². The van der Waals surface area contributed by atoms with Crippen LogP contribution in [0.4, 0.5) is 0 Å². The van der Waals surface area contributed by atoms with Crippen molar-refractivity contribution in [2.24, 2.45) is 0 Å². The van der Waals surface area contributed by atoms with Gasteiger partial charge in [-0.25, -0.2) is 4.98 Å². The van der Waals surface area contributed by atoms with Crippen LogP contribution in [0.1, 0.15) is 16.3 Å². The van der Waals surface area contributed by atoms with Crippen molar-refractivity contribution in [3.05, 3.63) is 33.8 Å². The minimum absolute atomic E-state index is 0.402. The van der Waals surface area contributed by atoms with E-state index in [0.29, 0.717) is 23.9 Å². The molecule has 20 heavy (non-hydrogen) atoms. The van der Waals surface area contributed by atoms with Crippen LogP contribution in [0.3, 0.4) is 0 Å². The smallest absolute Gasteiger partial charge is 0.203 e. The van der Waals surface area contributed by atoms with Gasteiger partial charge in [-0.1, -0.05) is 15.9 Å². The zero-order valence-corrected chi connectivity index (χ0v) is 14.0. The summed E-state index contributed by atoms with van der Waals surface area (Å²) < 4.78 is 16.6.